The third kappa shape index (κ3) is 6.92. The average Bonchev–Trinajstić information content (AvgIpc) is 2.62. The molecule has 0 bridgehead atoms. The number of hydrogen-bond acceptors (Lipinski definition) is 5. The number of carbonyl (C=O) groups is 2. The molecule has 0 aliphatic carbocycles. The molecule has 28 heavy (non-hydrogen) atoms. The van der Waals surface area contributed by atoms with Crippen molar-refractivity contribution in [2.45, 2.75) is 25.8 Å². The van der Waals surface area contributed by atoms with Gasteiger partial charge in [0.15, 0.2) is 0 Å². The monoisotopic (exact) mass is 387 g/mol. The molecule has 1 unspecified atom stereocenters. The van der Waals surface area contributed by atoms with Gasteiger partial charge >= 0.3 is 11.9 Å². The number of rotatable bonds is 11. The van der Waals surface area contributed by atoms with Gasteiger partial charge in [-0.3, -0.25) is 14.5 Å². The zero-order valence-corrected chi connectivity index (χ0v) is 15.5. The Balaban J connectivity index is 2.07. The largest absolute Gasteiger partial charge is 0.508 e. The van der Waals surface area contributed by atoms with Crippen LogP contribution < -0.4 is 0 Å². The van der Waals surface area contributed by atoms with Gasteiger partial charge in [-0.1, -0.05) is 36.4 Å². The van der Waals surface area contributed by atoms with E-state index < -0.39 is 11.9 Å². The number of phenols is 2. The van der Waals surface area contributed by atoms with Gasteiger partial charge in [-0.15, -0.1) is 0 Å². The molecular weight excluding hydrogens is 362 g/mol. The Morgan fingerprint density at radius 2 is 1.43 bits per heavy atom. The van der Waals surface area contributed by atoms with Crippen LogP contribution >= 0.6 is 0 Å². The van der Waals surface area contributed by atoms with E-state index in [4.69, 9.17) is 0 Å². The summed E-state index contributed by atoms with van der Waals surface area (Å²) in [7, 11) is 0. The van der Waals surface area contributed by atoms with Crippen LogP contribution in [0.5, 0.6) is 11.5 Å². The number of aromatic hydroxyl groups is 2. The van der Waals surface area contributed by atoms with Gasteiger partial charge in [0.2, 0.25) is 0 Å². The van der Waals surface area contributed by atoms with Crippen molar-refractivity contribution in [3.8, 4) is 11.5 Å². The van der Waals surface area contributed by atoms with Crippen molar-refractivity contribution in [1.29, 1.82) is 0 Å². The van der Waals surface area contributed by atoms with Crippen molar-refractivity contribution < 1.29 is 30.0 Å². The molecule has 0 amide bonds. The summed E-state index contributed by atoms with van der Waals surface area (Å²) in [6, 6.07) is 13.5. The van der Waals surface area contributed by atoms with Crippen LogP contribution in [0.3, 0.4) is 0 Å². The molecule has 0 aliphatic rings. The van der Waals surface area contributed by atoms with E-state index in [1.165, 1.54) is 0 Å². The third-order valence-electron chi connectivity index (χ3n) is 4.56. The lowest BCUT2D eigenvalue weighted by Crippen LogP contribution is -2.32. The molecule has 2 aromatic rings. The molecule has 0 saturated carbocycles. The Hall–Kier alpha value is -3.06. The summed E-state index contributed by atoms with van der Waals surface area (Å²) in [5.74, 6) is -1.98. The van der Waals surface area contributed by atoms with Crippen molar-refractivity contribution in [3.63, 3.8) is 0 Å². The summed E-state index contributed by atoms with van der Waals surface area (Å²) >= 11 is 0. The molecule has 4 N–H and O–H groups in total. The van der Waals surface area contributed by atoms with E-state index in [1.807, 2.05) is 0 Å². The van der Waals surface area contributed by atoms with Crippen LogP contribution in [-0.4, -0.2) is 50.4 Å². The molecule has 0 radical (unpaired) electrons. The molecule has 0 heterocycles. The first-order chi connectivity index (χ1) is 13.3. The van der Waals surface area contributed by atoms with Gasteiger partial charge in [-0.2, -0.15) is 0 Å². The SMILES string of the molecule is O=C(O)CC(CCN(CC(=O)O)Cc1ccccc1O)Cc1ccccc1O. The summed E-state index contributed by atoms with van der Waals surface area (Å²) in [5.41, 5.74) is 1.28. The minimum atomic E-state index is -0.995. The molecule has 2 rings (SSSR count). The van der Waals surface area contributed by atoms with E-state index in [1.54, 1.807) is 53.4 Å². The van der Waals surface area contributed by atoms with E-state index >= 15 is 0 Å². The second-order valence-electron chi connectivity index (χ2n) is 6.82. The fourth-order valence-corrected chi connectivity index (χ4v) is 3.17. The zero-order valence-electron chi connectivity index (χ0n) is 15.5. The number of aliphatic carboxylic acids is 2. The Morgan fingerprint density at radius 1 is 0.857 bits per heavy atom. The van der Waals surface area contributed by atoms with Crippen LogP contribution in [-0.2, 0) is 22.6 Å². The van der Waals surface area contributed by atoms with Crippen molar-refractivity contribution >= 4 is 11.9 Å². The molecule has 0 saturated heterocycles. The third-order valence-corrected chi connectivity index (χ3v) is 4.56. The highest BCUT2D eigenvalue weighted by Gasteiger charge is 2.19. The standard InChI is InChI=1S/C21H25NO6/c23-18-7-3-1-5-16(18)11-15(12-20(25)26)9-10-22(14-21(27)28)13-17-6-2-4-8-19(17)24/h1-8,15,23-24H,9-14H2,(H,25,26)(H,27,28). The minimum Gasteiger partial charge on any atom is -0.508 e. The van der Waals surface area contributed by atoms with E-state index in [2.05, 4.69) is 0 Å². The fourth-order valence-electron chi connectivity index (χ4n) is 3.17. The minimum absolute atomic E-state index is 0.0775. The van der Waals surface area contributed by atoms with Gasteiger partial charge in [-0.25, -0.2) is 0 Å². The van der Waals surface area contributed by atoms with E-state index in [0.717, 1.165) is 0 Å². The molecule has 7 nitrogen and oxygen atoms in total. The molecule has 1 atom stereocenters. The van der Waals surface area contributed by atoms with Crippen LogP contribution in [0.4, 0.5) is 0 Å². The highest BCUT2D eigenvalue weighted by molar-refractivity contribution is 5.69. The van der Waals surface area contributed by atoms with Crippen molar-refractivity contribution in [2.75, 3.05) is 13.1 Å². The summed E-state index contributed by atoms with van der Waals surface area (Å²) < 4.78 is 0. The molecule has 0 aliphatic heterocycles. The average molecular weight is 387 g/mol. The quantitative estimate of drug-likeness (QED) is 0.468. The topological polar surface area (TPSA) is 118 Å². The first kappa shape index (κ1) is 21.2. The molecular formula is C21H25NO6. The smallest absolute Gasteiger partial charge is 0.317 e. The lowest BCUT2D eigenvalue weighted by Gasteiger charge is -2.24. The van der Waals surface area contributed by atoms with Crippen LogP contribution in [0.25, 0.3) is 0 Å². The maximum Gasteiger partial charge on any atom is 0.317 e. The van der Waals surface area contributed by atoms with E-state index in [-0.39, 0.29) is 36.9 Å². The van der Waals surface area contributed by atoms with Gasteiger partial charge in [0.25, 0.3) is 0 Å². The number of benzene rings is 2. The molecule has 150 valence electrons. The van der Waals surface area contributed by atoms with Gasteiger partial charge < -0.3 is 20.4 Å². The zero-order chi connectivity index (χ0) is 20.5. The fraction of sp³-hybridized carbons (Fsp3) is 0.333. The number of carboxylic acid groups (broad SMARTS) is 2. The Kier molecular flexibility index (Phi) is 7.83. The summed E-state index contributed by atoms with van der Waals surface area (Å²) in [5, 5.41) is 38.3. The van der Waals surface area contributed by atoms with Crippen molar-refractivity contribution in [2.24, 2.45) is 5.92 Å². The molecule has 0 aromatic heterocycles. The van der Waals surface area contributed by atoms with Gasteiger partial charge in [0.1, 0.15) is 11.5 Å². The van der Waals surface area contributed by atoms with Gasteiger partial charge in [0.05, 0.1) is 6.54 Å². The van der Waals surface area contributed by atoms with E-state index in [0.29, 0.717) is 30.5 Å². The number of para-hydroxylation sites is 2. The molecule has 2 aromatic carbocycles. The Bertz CT molecular complexity index is 739. The lowest BCUT2D eigenvalue weighted by molar-refractivity contribution is -0.140. The highest BCUT2D eigenvalue weighted by Crippen LogP contribution is 2.24. The predicted molar refractivity (Wildman–Crippen MR) is 103 cm³/mol. The Morgan fingerprint density at radius 3 is 1.96 bits per heavy atom. The number of hydrogen-bond donors (Lipinski definition) is 4. The predicted octanol–water partition coefficient (Wildman–Crippen LogP) is 2.71. The van der Waals surface area contributed by atoms with Crippen LogP contribution in [0.15, 0.2) is 48.5 Å². The van der Waals surface area contributed by atoms with E-state index in [9.17, 15) is 30.0 Å². The number of nitrogens with zero attached hydrogens (tertiary/aromatic N) is 1. The maximum atomic E-state index is 11.2. The second kappa shape index (κ2) is 10.3. The molecule has 0 fully saturated rings. The first-order valence-electron chi connectivity index (χ1n) is 9.05. The Labute approximate surface area is 163 Å². The maximum absolute atomic E-state index is 11.2. The first-order valence-corrected chi connectivity index (χ1v) is 9.05. The van der Waals surface area contributed by atoms with Crippen molar-refractivity contribution in [3.05, 3.63) is 59.7 Å². The number of carboxylic acids is 2. The van der Waals surface area contributed by atoms with Crippen LogP contribution in [0.1, 0.15) is 24.0 Å². The van der Waals surface area contributed by atoms with Crippen LogP contribution in [0, 0.1) is 5.92 Å². The number of phenolic OH excluding ortho intramolecular Hbond substituents is 2. The normalized spacial score (nSPS) is 12.0. The molecule has 7 heteroatoms. The van der Waals surface area contributed by atoms with Gasteiger partial charge in [-0.05, 0) is 43.0 Å². The summed E-state index contributed by atoms with van der Waals surface area (Å²) in [6.45, 7) is 0.381. The molecule has 0 spiro atoms. The summed E-state index contributed by atoms with van der Waals surface area (Å²) in [4.78, 5) is 24.1. The van der Waals surface area contributed by atoms with Crippen molar-refractivity contribution in [1.82, 2.24) is 4.90 Å². The van der Waals surface area contributed by atoms with Gasteiger partial charge in [0, 0.05) is 18.5 Å². The highest BCUT2D eigenvalue weighted by atomic mass is 16.4. The van der Waals surface area contributed by atoms with Crippen LogP contribution in [0.2, 0.25) is 0 Å². The second-order valence-corrected chi connectivity index (χ2v) is 6.82. The summed E-state index contributed by atoms with van der Waals surface area (Å²) in [6.07, 6.45) is 0.754. The lowest BCUT2D eigenvalue weighted by atomic mass is 9.92.